The Morgan fingerprint density at radius 1 is 1.24 bits per heavy atom. The second-order valence-electron chi connectivity index (χ2n) is 6.17. The van der Waals surface area contributed by atoms with Crippen LogP contribution in [0.5, 0.6) is 0 Å². The molecule has 1 aromatic heterocycles. The number of benzene rings is 1. The van der Waals surface area contributed by atoms with Gasteiger partial charge < -0.3 is 10.6 Å². The van der Waals surface area contributed by atoms with Crippen molar-refractivity contribution in [3.8, 4) is 0 Å². The van der Waals surface area contributed by atoms with Crippen molar-refractivity contribution in [1.29, 1.82) is 0 Å². The van der Waals surface area contributed by atoms with E-state index in [0.29, 0.717) is 0 Å². The summed E-state index contributed by atoms with van der Waals surface area (Å²) in [4.78, 5) is 6.65. The van der Waals surface area contributed by atoms with Crippen LogP contribution < -0.4 is 10.6 Å². The van der Waals surface area contributed by atoms with Gasteiger partial charge in [0.1, 0.15) is 0 Å². The summed E-state index contributed by atoms with van der Waals surface area (Å²) in [6, 6.07) is 6.33. The van der Waals surface area contributed by atoms with Crippen molar-refractivity contribution in [1.82, 2.24) is 4.98 Å². The van der Waals surface area contributed by atoms with Gasteiger partial charge in [-0.1, -0.05) is 25.8 Å². The van der Waals surface area contributed by atoms with Gasteiger partial charge in [0.05, 0.1) is 11.4 Å². The van der Waals surface area contributed by atoms with E-state index < -0.39 is 0 Å². The Labute approximate surface area is 127 Å². The molecule has 1 aliphatic rings. The molecule has 3 nitrogen and oxygen atoms in total. The highest BCUT2D eigenvalue weighted by atomic mass is 15.1. The zero-order chi connectivity index (χ0) is 14.7. The fraction of sp³-hybridized carbons (Fsp3) is 0.500. The van der Waals surface area contributed by atoms with Crippen LogP contribution in [0.15, 0.2) is 30.6 Å². The Bertz CT molecular complexity index is 608. The van der Waals surface area contributed by atoms with E-state index in [1.165, 1.54) is 37.8 Å². The number of pyridine rings is 1. The van der Waals surface area contributed by atoms with Crippen LogP contribution >= 0.6 is 0 Å². The lowest BCUT2D eigenvalue weighted by molar-refractivity contribution is 0.435. The first-order chi connectivity index (χ1) is 10.3. The molecule has 1 saturated heterocycles. The summed E-state index contributed by atoms with van der Waals surface area (Å²) in [7, 11) is 0. The van der Waals surface area contributed by atoms with E-state index in [4.69, 9.17) is 5.73 Å². The zero-order valence-electron chi connectivity index (χ0n) is 12.9. The summed E-state index contributed by atoms with van der Waals surface area (Å²) in [5, 5.41) is 2.24. The van der Waals surface area contributed by atoms with Gasteiger partial charge in [-0.15, -0.1) is 0 Å². The number of nitrogens with zero attached hydrogens (tertiary/aromatic N) is 2. The highest BCUT2D eigenvalue weighted by molar-refractivity contribution is 5.98. The van der Waals surface area contributed by atoms with Gasteiger partial charge in [-0.05, 0) is 37.3 Å². The summed E-state index contributed by atoms with van der Waals surface area (Å²) in [6.07, 6.45) is 10.3. The molecule has 0 spiro atoms. The molecule has 0 radical (unpaired) electrons. The van der Waals surface area contributed by atoms with Gasteiger partial charge in [0.2, 0.25) is 0 Å². The SMILES string of the molecule is CCCC1CCCN(c2ccc3cnccc3c2N)CC1. The highest BCUT2D eigenvalue weighted by Crippen LogP contribution is 2.33. The molecule has 2 heterocycles. The number of nitrogen functional groups attached to an aromatic ring is 1. The average molecular weight is 283 g/mol. The number of anilines is 2. The third kappa shape index (κ3) is 2.97. The van der Waals surface area contributed by atoms with Crippen LogP contribution in [-0.4, -0.2) is 18.1 Å². The van der Waals surface area contributed by atoms with Crippen LogP contribution in [0.2, 0.25) is 0 Å². The summed E-state index contributed by atoms with van der Waals surface area (Å²) in [5.41, 5.74) is 8.53. The Hall–Kier alpha value is -1.77. The van der Waals surface area contributed by atoms with Crippen molar-refractivity contribution in [2.45, 2.75) is 39.0 Å². The number of hydrogen-bond donors (Lipinski definition) is 1. The minimum absolute atomic E-state index is 0.894. The summed E-state index contributed by atoms with van der Waals surface area (Å²) < 4.78 is 0. The quantitative estimate of drug-likeness (QED) is 0.857. The molecule has 3 rings (SSSR count). The van der Waals surface area contributed by atoms with Crippen molar-refractivity contribution in [3.05, 3.63) is 30.6 Å². The van der Waals surface area contributed by atoms with E-state index in [1.54, 1.807) is 0 Å². The monoisotopic (exact) mass is 283 g/mol. The van der Waals surface area contributed by atoms with E-state index in [1.807, 2.05) is 18.5 Å². The molecule has 0 aliphatic carbocycles. The van der Waals surface area contributed by atoms with Crippen molar-refractivity contribution in [3.63, 3.8) is 0 Å². The predicted octanol–water partition coefficient (Wildman–Crippen LogP) is 4.22. The third-order valence-corrected chi connectivity index (χ3v) is 4.72. The van der Waals surface area contributed by atoms with Crippen LogP contribution in [0.1, 0.15) is 39.0 Å². The summed E-state index contributed by atoms with van der Waals surface area (Å²) in [6.45, 7) is 4.55. The lowest BCUT2D eigenvalue weighted by Gasteiger charge is -2.25. The Balaban J connectivity index is 1.85. The van der Waals surface area contributed by atoms with Crippen molar-refractivity contribution >= 4 is 22.1 Å². The molecule has 2 aromatic rings. The molecule has 3 heteroatoms. The van der Waals surface area contributed by atoms with Gasteiger partial charge in [0, 0.05) is 36.3 Å². The summed E-state index contributed by atoms with van der Waals surface area (Å²) in [5.74, 6) is 0.894. The van der Waals surface area contributed by atoms with E-state index in [0.717, 1.165) is 35.5 Å². The fourth-order valence-electron chi connectivity index (χ4n) is 3.56. The van der Waals surface area contributed by atoms with Gasteiger partial charge in [-0.25, -0.2) is 0 Å². The minimum atomic E-state index is 0.894. The third-order valence-electron chi connectivity index (χ3n) is 4.72. The van der Waals surface area contributed by atoms with Crippen LogP contribution in [0.4, 0.5) is 11.4 Å². The van der Waals surface area contributed by atoms with Gasteiger partial charge in [0.15, 0.2) is 0 Å². The number of aromatic nitrogens is 1. The van der Waals surface area contributed by atoms with Crippen molar-refractivity contribution in [2.24, 2.45) is 5.92 Å². The Morgan fingerprint density at radius 3 is 3.00 bits per heavy atom. The van der Waals surface area contributed by atoms with Gasteiger partial charge in [-0.2, -0.15) is 0 Å². The van der Waals surface area contributed by atoms with Crippen LogP contribution in [0.25, 0.3) is 10.8 Å². The van der Waals surface area contributed by atoms with E-state index >= 15 is 0 Å². The fourth-order valence-corrected chi connectivity index (χ4v) is 3.56. The first-order valence-corrected chi connectivity index (χ1v) is 8.16. The first kappa shape index (κ1) is 14.2. The van der Waals surface area contributed by atoms with Crippen LogP contribution in [-0.2, 0) is 0 Å². The molecule has 112 valence electrons. The minimum Gasteiger partial charge on any atom is -0.397 e. The Morgan fingerprint density at radius 2 is 2.14 bits per heavy atom. The largest absolute Gasteiger partial charge is 0.397 e. The molecular formula is C18H25N3. The van der Waals surface area contributed by atoms with Crippen molar-refractivity contribution in [2.75, 3.05) is 23.7 Å². The van der Waals surface area contributed by atoms with Crippen LogP contribution in [0.3, 0.4) is 0 Å². The molecule has 1 aliphatic heterocycles. The summed E-state index contributed by atoms with van der Waals surface area (Å²) >= 11 is 0. The lowest BCUT2D eigenvalue weighted by Crippen LogP contribution is -2.25. The van der Waals surface area contributed by atoms with E-state index in [2.05, 4.69) is 28.9 Å². The molecule has 0 amide bonds. The second-order valence-corrected chi connectivity index (χ2v) is 6.17. The molecule has 1 fully saturated rings. The molecule has 0 saturated carbocycles. The normalized spacial score (nSPS) is 19.7. The standard InChI is InChI=1S/C18H25N3/c1-2-4-14-5-3-11-21(12-9-14)17-7-6-15-13-20-10-8-16(15)18(17)19/h6-8,10,13-14H,2-5,9,11-12,19H2,1H3. The lowest BCUT2D eigenvalue weighted by atomic mass is 9.96. The number of nitrogens with two attached hydrogens (primary N) is 1. The Kier molecular flexibility index (Phi) is 4.28. The maximum atomic E-state index is 6.42. The number of rotatable bonds is 3. The van der Waals surface area contributed by atoms with Crippen molar-refractivity contribution < 1.29 is 0 Å². The maximum absolute atomic E-state index is 6.42. The molecule has 2 N–H and O–H groups in total. The number of hydrogen-bond acceptors (Lipinski definition) is 3. The molecule has 1 aromatic carbocycles. The van der Waals surface area contributed by atoms with Gasteiger partial charge in [-0.3, -0.25) is 4.98 Å². The van der Waals surface area contributed by atoms with Gasteiger partial charge in [0.25, 0.3) is 0 Å². The van der Waals surface area contributed by atoms with E-state index in [-0.39, 0.29) is 0 Å². The average Bonchev–Trinajstić information content (AvgIpc) is 2.74. The second kappa shape index (κ2) is 6.33. The predicted molar refractivity (Wildman–Crippen MR) is 90.6 cm³/mol. The van der Waals surface area contributed by atoms with Gasteiger partial charge >= 0.3 is 0 Å². The highest BCUT2D eigenvalue weighted by Gasteiger charge is 2.18. The molecule has 0 bridgehead atoms. The molecule has 1 atom stereocenters. The zero-order valence-corrected chi connectivity index (χ0v) is 12.9. The van der Waals surface area contributed by atoms with Crippen LogP contribution in [0, 0.1) is 5.92 Å². The maximum Gasteiger partial charge on any atom is 0.0632 e. The smallest absolute Gasteiger partial charge is 0.0632 e. The number of fused-ring (bicyclic) bond motifs is 1. The van der Waals surface area contributed by atoms with E-state index in [9.17, 15) is 0 Å². The first-order valence-electron chi connectivity index (χ1n) is 8.16. The molecule has 1 unspecified atom stereocenters. The molecular weight excluding hydrogens is 258 g/mol. The topological polar surface area (TPSA) is 42.2 Å². The molecule has 21 heavy (non-hydrogen) atoms.